The van der Waals surface area contributed by atoms with Gasteiger partial charge in [-0.1, -0.05) is 12.1 Å². The molecule has 7 nitrogen and oxygen atoms in total. The van der Waals surface area contributed by atoms with Crippen molar-refractivity contribution in [1.82, 2.24) is 20.2 Å². The van der Waals surface area contributed by atoms with Crippen molar-refractivity contribution in [2.24, 2.45) is 0 Å². The van der Waals surface area contributed by atoms with Crippen LogP contribution < -0.4 is 5.32 Å². The van der Waals surface area contributed by atoms with Gasteiger partial charge in [-0.3, -0.25) is 19.6 Å². The highest BCUT2D eigenvalue weighted by Crippen LogP contribution is 2.29. The molecule has 2 amide bonds. The van der Waals surface area contributed by atoms with Gasteiger partial charge in [0.25, 0.3) is 11.8 Å². The highest BCUT2D eigenvalue weighted by atomic mass is 16.5. The van der Waals surface area contributed by atoms with Gasteiger partial charge in [0.15, 0.2) is 0 Å². The van der Waals surface area contributed by atoms with E-state index in [1.165, 1.54) is 0 Å². The minimum Gasteiger partial charge on any atom is -0.368 e. The maximum absolute atomic E-state index is 12.5. The van der Waals surface area contributed by atoms with E-state index < -0.39 is 0 Å². The number of aromatic nitrogens is 2. The lowest BCUT2D eigenvalue weighted by Gasteiger charge is -2.33. The lowest BCUT2D eigenvalue weighted by molar-refractivity contribution is -0.142. The zero-order chi connectivity index (χ0) is 20.2. The van der Waals surface area contributed by atoms with Crippen LogP contribution >= 0.6 is 0 Å². The van der Waals surface area contributed by atoms with Gasteiger partial charge < -0.3 is 15.0 Å². The third kappa shape index (κ3) is 4.29. The molecule has 7 heteroatoms. The fourth-order valence-electron chi connectivity index (χ4n) is 4.02. The predicted octanol–water partition coefficient (Wildman–Crippen LogP) is 2.39. The molecule has 1 N–H and O–H groups in total. The molecule has 0 aliphatic carbocycles. The first-order chi connectivity index (χ1) is 14.2. The molecule has 2 aliphatic rings. The zero-order valence-electron chi connectivity index (χ0n) is 16.6. The lowest BCUT2D eigenvalue weighted by atomic mass is 9.92. The average molecular weight is 394 g/mol. The number of pyridine rings is 2. The highest BCUT2D eigenvalue weighted by Gasteiger charge is 2.31. The SMILES string of the molecule is CNC(=O)c1ccc(-c2ccc(C3CCN(C(=O)[C@H]4CCCO4)CC3)nc2)cn1. The van der Waals surface area contributed by atoms with E-state index in [2.05, 4.69) is 21.4 Å². The fourth-order valence-corrected chi connectivity index (χ4v) is 4.02. The molecule has 1 atom stereocenters. The third-order valence-electron chi connectivity index (χ3n) is 5.77. The molecule has 0 spiro atoms. The van der Waals surface area contributed by atoms with E-state index in [1.807, 2.05) is 23.2 Å². The summed E-state index contributed by atoms with van der Waals surface area (Å²) in [7, 11) is 1.59. The summed E-state index contributed by atoms with van der Waals surface area (Å²) >= 11 is 0. The summed E-state index contributed by atoms with van der Waals surface area (Å²) in [5.41, 5.74) is 3.35. The minimum atomic E-state index is -0.229. The Bertz CT molecular complexity index is 853. The van der Waals surface area contributed by atoms with Crippen LogP contribution in [0.1, 0.15) is 47.8 Å². The predicted molar refractivity (Wildman–Crippen MR) is 108 cm³/mol. The average Bonchev–Trinajstić information content (AvgIpc) is 3.33. The molecule has 4 rings (SSSR count). The number of carbonyl (C=O) groups is 2. The van der Waals surface area contributed by atoms with E-state index >= 15 is 0 Å². The molecule has 0 bridgehead atoms. The number of carbonyl (C=O) groups excluding carboxylic acids is 2. The van der Waals surface area contributed by atoms with Crippen LogP contribution in [0.3, 0.4) is 0 Å². The molecule has 4 heterocycles. The van der Waals surface area contributed by atoms with Gasteiger partial charge >= 0.3 is 0 Å². The molecule has 2 aromatic rings. The highest BCUT2D eigenvalue weighted by molar-refractivity contribution is 5.92. The van der Waals surface area contributed by atoms with Gasteiger partial charge in [0.1, 0.15) is 11.8 Å². The largest absolute Gasteiger partial charge is 0.368 e. The first-order valence-electron chi connectivity index (χ1n) is 10.2. The molecule has 152 valence electrons. The van der Waals surface area contributed by atoms with E-state index in [4.69, 9.17) is 4.74 Å². The number of nitrogens with one attached hydrogen (secondary N) is 1. The smallest absolute Gasteiger partial charge is 0.269 e. The van der Waals surface area contributed by atoms with Gasteiger partial charge in [-0.05, 0) is 37.8 Å². The standard InChI is InChI=1S/C22H26N4O3/c1-23-21(27)19-7-5-17(14-25-19)16-4-6-18(24-13-16)15-8-10-26(11-9-15)22(28)20-3-2-12-29-20/h4-7,13-15,20H,2-3,8-12H2,1H3,(H,23,27)/t20-/m1/s1. The number of piperidine rings is 1. The molecule has 0 unspecified atom stereocenters. The van der Waals surface area contributed by atoms with Gasteiger partial charge in [0.05, 0.1) is 0 Å². The van der Waals surface area contributed by atoms with Crippen molar-refractivity contribution < 1.29 is 14.3 Å². The van der Waals surface area contributed by atoms with Gasteiger partial charge in [-0.2, -0.15) is 0 Å². The second kappa shape index (κ2) is 8.69. The van der Waals surface area contributed by atoms with Crippen molar-refractivity contribution in [1.29, 1.82) is 0 Å². The quantitative estimate of drug-likeness (QED) is 0.861. The summed E-state index contributed by atoms with van der Waals surface area (Å²) in [4.78, 5) is 34.9. The summed E-state index contributed by atoms with van der Waals surface area (Å²) in [6.45, 7) is 2.22. The van der Waals surface area contributed by atoms with Crippen LogP contribution in [0, 0.1) is 0 Å². The van der Waals surface area contributed by atoms with E-state index in [0.29, 0.717) is 18.2 Å². The van der Waals surface area contributed by atoms with E-state index in [1.54, 1.807) is 19.3 Å². The summed E-state index contributed by atoms with van der Waals surface area (Å²) in [5, 5.41) is 2.56. The molecular weight excluding hydrogens is 368 g/mol. The zero-order valence-corrected chi connectivity index (χ0v) is 16.6. The number of nitrogens with zero attached hydrogens (tertiary/aromatic N) is 3. The maximum atomic E-state index is 12.5. The Kier molecular flexibility index (Phi) is 5.85. The monoisotopic (exact) mass is 394 g/mol. The third-order valence-corrected chi connectivity index (χ3v) is 5.77. The Morgan fingerprint density at radius 3 is 2.31 bits per heavy atom. The summed E-state index contributed by atoms with van der Waals surface area (Å²) < 4.78 is 5.53. The van der Waals surface area contributed by atoms with Gasteiger partial charge in [0.2, 0.25) is 0 Å². The molecule has 29 heavy (non-hydrogen) atoms. The summed E-state index contributed by atoms with van der Waals surface area (Å²) in [6, 6.07) is 7.69. The van der Waals surface area contributed by atoms with E-state index in [9.17, 15) is 9.59 Å². The van der Waals surface area contributed by atoms with Crippen LogP contribution in [0.15, 0.2) is 36.7 Å². The van der Waals surface area contributed by atoms with Crippen LogP contribution in [0.25, 0.3) is 11.1 Å². The summed E-state index contributed by atoms with van der Waals surface area (Å²) in [5.74, 6) is 0.317. The van der Waals surface area contributed by atoms with Crippen LogP contribution in [0.5, 0.6) is 0 Å². The molecule has 2 aromatic heterocycles. The normalized spacial score (nSPS) is 19.9. The number of hydrogen-bond acceptors (Lipinski definition) is 5. The number of ether oxygens (including phenoxy) is 1. The Balaban J connectivity index is 1.36. The van der Waals surface area contributed by atoms with Crippen molar-refractivity contribution >= 4 is 11.8 Å². The number of likely N-dealkylation sites (tertiary alicyclic amines) is 1. The van der Waals surface area contributed by atoms with Gasteiger partial charge in [0, 0.05) is 61.9 Å². The minimum absolute atomic E-state index is 0.150. The fraction of sp³-hybridized carbons (Fsp3) is 0.455. The first kappa shape index (κ1) is 19.5. The van der Waals surface area contributed by atoms with Gasteiger partial charge in [-0.25, -0.2) is 0 Å². The van der Waals surface area contributed by atoms with Crippen LogP contribution in [-0.2, 0) is 9.53 Å². The molecule has 2 fully saturated rings. The van der Waals surface area contributed by atoms with Gasteiger partial charge in [-0.15, -0.1) is 0 Å². The first-order valence-corrected chi connectivity index (χ1v) is 10.2. The van der Waals surface area contributed by atoms with Crippen molar-refractivity contribution in [3.63, 3.8) is 0 Å². The van der Waals surface area contributed by atoms with Crippen molar-refractivity contribution in [2.75, 3.05) is 26.7 Å². The topological polar surface area (TPSA) is 84.4 Å². The van der Waals surface area contributed by atoms with Crippen molar-refractivity contribution in [3.05, 3.63) is 48.0 Å². The second-order valence-electron chi connectivity index (χ2n) is 7.58. The van der Waals surface area contributed by atoms with Crippen LogP contribution in [0.4, 0.5) is 0 Å². The number of hydrogen-bond donors (Lipinski definition) is 1. The molecule has 0 radical (unpaired) electrons. The van der Waals surface area contributed by atoms with Crippen molar-refractivity contribution in [2.45, 2.75) is 37.7 Å². The second-order valence-corrected chi connectivity index (χ2v) is 7.58. The number of amides is 2. The molecule has 2 aliphatic heterocycles. The molecule has 2 saturated heterocycles. The van der Waals surface area contributed by atoms with E-state index in [0.717, 1.165) is 55.6 Å². The summed E-state index contributed by atoms with van der Waals surface area (Å²) in [6.07, 6.45) is 6.99. The Morgan fingerprint density at radius 2 is 1.76 bits per heavy atom. The Hall–Kier alpha value is -2.80. The molecule has 0 aromatic carbocycles. The van der Waals surface area contributed by atoms with Crippen LogP contribution in [0.2, 0.25) is 0 Å². The Morgan fingerprint density at radius 1 is 1.03 bits per heavy atom. The lowest BCUT2D eigenvalue weighted by Crippen LogP contribution is -2.43. The number of rotatable bonds is 4. The van der Waals surface area contributed by atoms with E-state index in [-0.39, 0.29) is 17.9 Å². The maximum Gasteiger partial charge on any atom is 0.269 e. The molecular formula is C22H26N4O3. The van der Waals surface area contributed by atoms with Crippen molar-refractivity contribution in [3.8, 4) is 11.1 Å². The molecule has 0 saturated carbocycles. The van der Waals surface area contributed by atoms with Crippen LogP contribution in [-0.4, -0.2) is 59.5 Å². The Labute approximate surface area is 170 Å².